The second-order valence-electron chi connectivity index (χ2n) is 5.26. The zero-order valence-electron chi connectivity index (χ0n) is 13.2. The van der Waals surface area contributed by atoms with Gasteiger partial charge in [0.2, 0.25) is 0 Å². The third-order valence-corrected chi connectivity index (χ3v) is 5.25. The second-order valence-corrected chi connectivity index (χ2v) is 7.41. The van der Waals surface area contributed by atoms with Gasteiger partial charge in [-0.05, 0) is 6.07 Å². The molecule has 3 aromatic heterocycles. The van der Waals surface area contributed by atoms with E-state index in [-0.39, 0.29) is 16.3 Å². The molecule has 0 radical (unpaired) electrons. The quantitative estimate of drug-likeness (QED) is 0.695. The van der Waals surface area contributed by atoms with Crippen LogP contribution in [0.15, 0.2) is 29.4 Å². The molecule has 1 unspecified atom stereocenters. The van der Waals surface area contributed by atoms with Crippen LogP contribution in [0.25, 0.3) is 22.6 Å². The minimum absolute atomic E-state index is 0.0123. The van der Waals surface area contributed by atoms with Gasteiger partial charge in [0.15, 0.2) is 5.82 Å². The Morgan fingerprint density at radius 2 is 2.08 bits per heavy atom. The van der Waals surface area contributed by atoms with E-state index in [2.05, 4.69) is 15.0 Å². The molecule has 0 aliphatic heterocycles. The summed E-state index contributed by atoms with van der Waals surface area (Å²) >= 11 is 5.06. The summed E-state index contributed by atoms with van der Waals surface area (Å²) in [6, 6.07) is 2.53. The van der Waals surface area contributed by atoms with E-state index in [1.807, 2.05) is 0 Å². The molecule has 10 heteroatoms. The van der Waals surface area contributed by atoms with E-state index in [0.717, 1.165) is 12.3 Å². The van der Waals surface area contributed by atoms with Gasteiger partial charge in [0.25, 0.3) is 0 Å². The predicted molar refractivity (Wildman–Crippen MR) is 91.1 cm³/mol. The summed E-state index contributed by atoms with van der Waals surface area (Å²) in [5.41, 5.74) is 0.514. The highest BCUT2D eigenvalue weighted by Gasteiger charge is 2.33. The Kier molecular flexibility index (Phi) is 4.50. The Balaban J connectivity index is 2.28. The first kappa shape index (κ1) is 17.7. The lowest BCUT2D eigenvalue weighted by Crippen LogP contribution is -2.10. The monoisotopic (exact) mass is 386 g/mol. The van der Waals surface area contributed by atoms with Gasteiger partial charge in [0.1, 0.15) is 10.3 Å². The summed E-state index contributed by atoms with van der Waals surface area (Å²) in [6.45, 7) is 1.63. The van der Waals surface area contributed by atoms with Crippen molar-refractivity contribution in [3.8, 4) is 11.5 Å². The summed E-state index contributed by atoms with van der Waals surface area (Å²) in [6.07, 6.45) is -2.17. The minimum Gasteiger partial charge on any atom is -0.351 e. The topological polar surface area (TPSA) is 63.6 Å². The van der Waals surface area contributed by atoms with Crippen LogP contribution in [0.4, 0.5) is 13.2 Å². The Hall–Kier alpha value is -2.07. The standard InChI is InChI=1S/C15H13F3N4OS2/c1-3-25(23)11-4-8(15(16,17)18)6-20-13(11)14-21-9-5-12(24)19-7-10(9)22(14)2/h4-7H,3H2,1-2H3,(H,19,24). The molecule has 0 fully saturated rings. The molecular formula is C15H13F3N4OS2. The van der Waals surface area contributed by atoms with Crippen molar-refractivity contribution in [3.63, 3.8) is 0 Å². The molecule has 5 nitrogen and oxygen atoms in total. The normalized spacial score (nSPS) is 13.3. The summed E-state index contributed by atoms with van der Waals surface area (Å²) < 4.78 is 53.4. The summed E-state index contributed by atoms with van der Waals surface area (Å²) in [5, 5.41) is 0. The Bertz CT molecular complexity index is 1040. The number of aryl methyl sites for hydroxylation is 1. The third-order valence-electron chi connectivity index (χ3n) is 3.69. The molecule has 25 heavy (non-hydrogen) atoms. The number of H-pyrrole nitrogens is 1. The van der Waals surface area contributed by atoms with Crippen LogP contribution >= 0.6 is 12.2 Å². The first-order valence-corrected chi connectivity index (χ1v) is 8.96. The first-order valence-electron chi connectivity index (χ1n) is 7.23. The number of nitrogens with zero attached hydrogens (tertiary/aromatic N) is 3. The molecule has 0 aliphatic rings. The van der Waals surface area contributed by atoms with Gasteiger partial charge >= 0.3 is 6.18 Å². The summed E-state index contributed by atoms with van der Waals surface area (Å²) in [4.78, 5) is 11.2. The van der Waals surface area contributed by atoms with E-state index in [4.69, 9.17) is 12.2 Å². The number of nitrogens with one attached hydrogen (secondary N) is 1. The number of aromatic amines is 1. The average Bonchev–Trinajstić information content (AvgIpc) is 2.88. The largest absolute Gasteiger partial charge is 0.417 e. The molecule has 0 aromatic carbocycles. The number of imidazole rings is 1. The number of hydrogen-bond acceptors (Lipinski definition) is 4. The number of rotatable bonds is 3. The SMILES string of the molecule is CCS(=O)c1cc(C(F)(F)F)cnc1-c1nc2cc(=S)[nH]cc2n1C. The molecule has 1 atom stereocenters. The maximum Gasteiger partial charge on any atom is 0.417 e. The smallest absolute Gasteiger partial charge is 0.351 e. The van der Waals surface area contributed by atoms with Gasteiger partial charge in [0, 0.05) is 31.3 Å². The molecule has 3 aromatic rings. The fourth-order valence-electron chi connectivity index (χ4n) is 2.42. The van der Waals surface area contributed by atoms with Gasteiger partial charge in [0.05, 0.1) is 32.3 Å². The van der Waals surface area contributed by atoms with E-state index < -0.39 is 22.5 Å². The molecule has 0 aliphatic carbocycles. The molecule has 3 rings (SSSR count). The minimum atomic E-state index is -4.56. The zero-order valence-corrected chi connectivity index (χ0v) is 14.8. The third kappa shape index (κ3) is 3.23. The molecule has 3 heterocycles. The lowest BCUT2D eigenvalue weighted by atomic mass is 10.2. The molecular weight excluding hydrogens is 373 g/mol. The highest BCUT2D eigenvalue weighted by atomic mass is 32.2. The number of halogens is 3. The van der Waals surface area contributed by atoms with Gasteiger partial charge in [-0.15, -0.1) is 0 Å². The van der Waals surface area contributed by atoms with Crippen molar-refractivity contribution in [2.24, 2.45) is 7.05 Å². The fourth-order valence-corrected chi connectivity index (χ4v) is 3.52. The molecule has 132 valence electrons. The molecule has 0 saturated carbocycles. The number of hydrogen-bond donors (Lipinski definition) is 1. The van der Waals surface area contributed by atoms with Crippen molar-refractivity contribution >= 4 is 34.1 Å². The molecule has 0 saturated heterocycles. The van der Waals surface area contributed by atoms with Crippen LogP contribution in [-0.4, -0.2) is 29.5 Å². The van der Waals surface area contributed by atoms with Crippen LogP contribution in [-0.2, 0) is 24.0 Å². The van der Waals surface area contributed by atoms with Crippen LogP contribution in [0.3, 0.4) is 0 Å². The highest BCUT2D eigenvalue weighted by molar-refractivity contribution is 7.85. The highest BCUT2D eigenvalue weighted by Crippen LogP contribution is 2.33. The maximum atomic E-state index is 13.0. The van der Waals surface area contributed by atoms with Crippen molar-refractivity contribution in [2.75, 3.05) is 5.75 Å². The lowest BCUT2D eigenvalue weighted by molar-refractivity contribution is -0.138. The van der Waals surface area contributed by atoms with Gasteiger partial charge < -0.3 is 9.55 Å². The number of aromatic nitrogens is 4. The van der Waals surface area contributed by atoms with Crippen LogP contribution in [0, 0.1) is 4.64 Å². The number of fused-ring (bicyclic) bond motifs is 1. The van der Waals surface area contributed by atoms with Crippen molar-refractivity contribution in [3.05, 3.63) is 34.7 Å². The van der Waals surface area contributed by atoms with Crippen LogP contribution in [0.2, 0.25) is 0 Å². The van der Waals surface area contributed by atoms with Crippen molar-refractivity contribution in [1.82, 2.24) is 19.5 Å². The molecule has 0 amide bonds. The summed E-state index contributed by atoms with van der Waals surface area (Å²) in [5.74, 6) is 0.499. The molecule has 0 bridgehead atoms. The van der Waals surface area contributed by atoms with E-state index >= 15 is 0 Å². The summed E-state index contributed by atoms with van der Waals surface area (Å²) in [7, 11) is 0.0818. The van der Waals surface area contributed by atoms with E-state index in [1.165, 1.54) is 0 Å². The Morgan fingerprint density at radius 3 is 2.72 bits per heavy atom. The fraction of sp³-hybridized carbons (Fsp3) is 0.267. The van der Waals surface area contributed by atoms with Gasteiger partial charge in [-0.25, -0.2) is 4.98 Å². The van der Waals surface area contributed by atoms with E-state index in [0.29, 0.717) is 21.5 Å². The molecule has 1 N–H and O–H groups in total. The van der Waals surface area contributed by atoms with Crippen LogP contribution in [0.1, 0.15) is 12.5 Å². The maximum absolute atomic E-state index is 13.0. The van der Waals surface area contributed by atoms with Gasteiger partial charge in [-0.3, -0.25) is 9.19 Å². The predicted octanol–water partition coefficient (Wildman–Crippen LogP) is 3.84. The Morgan fingerprint density at radius 1 is 1.36 bits per heavy atom. The van der Waals surface area contributed by atoms with Crippen LogP contribution < -0.4 is 0 Å². The van der Waals surface area contributed by atoms with E-state index in [1.54, 1.807) is 30.8 Å². The van der Waals surface area contributed by atoms with Gasteiger partial charge in [-0.2, -0.15) is 13.2 Å². The van der Waals surface area contributed by atoms with E-state index in [9.17, 15) is 17.4 Å². The second kappa shape index (κ2) is 6.34. The first-order chi connectivity index (χ1) is 11.7. The van der Waals surface area contributed by atoms with Gasteiger partial charge in [-0.1, -0.05) is 19.1 Å². The zero-order chi connectivity index (χ0) is 18.4. The Labute approximate surface area is 148 Å². The average molecular weight is 386 g/mol. The number of alkyl halides is 3. The van der Waals surface area contributed by atoms with Crippen molar-refractivity contribution < 1.29 is 17.4 Å². The van der Waals surface area contributed by atoms with Crippen LogP contribution in [0.5, 0.6) is 0 Å². The van der Waals surface area contributed by atoms with Crippen molar-refractivity contribution in [2.45, 2.75) is 18.0 Å². The van der Waals surface area contributed by atoms with Crippen molar-refractivity contribution in [1.29, 1.82) is 0 Å². The lowest BCUT2D eigenvalue weighted by Gasteiger charge is -2.12. The number of pyridine rings is 2. The molecule has 0 spiro atoms.